The van der Waals surface area contributed by atoms with Gasteiger partial charge in [0.05, 0.1) is 11.3 Å². The topological polar surface area (TPSA) is 88.0 Å². The molecule has 3 aromatic heterocycles. The number of hydrogen-bond donors (Lipinski definition) is 0. The molecule has 4 heterocycles. The van der Waals surface area contributed by atoms with E-state index in [1.54, 1.807) is 24.8 Å². The van der Waals surface area contributed by atoms with Crippen LogP contribution in [0.3, 0.4) is 0 Å². The molecule has 1 saturated heterocycles. The number of likely N-dealkylation sites (tertiary alicyclic amines) is 1. The number of rotatable bonds is 6. The zero-order chi connectivity index (χ0) is 24.0. The maximum absolute atomic E-state index is 13.3. The summed E-state index contributed by atoms with van der Waals surface area (Å²) in [7, 11) is 1.98. The van der Waals surface area contributed by atoms with Crippen molar-refractivity contribution in [2.45, 2.75) is 19.3 Å². The third-order valence-corrected chi connectivity index (χ3v) is 6.38. The van der Waals surface area contributed by atoms with Gasteiger partial charge < -0.3 is 9.80 Å². The molecule has 0 aliphatic carbocycles. The van der Waals surface area contributed by atoms with E-state index in [0.717, 1.165) is 54.1 Å². The van der Waals surface area contributed by atoms with Gasteiger partial charge in [0, 0.05) is 61.7 Å². The van der Waals surface area contributed by atoms with Crippen LogP contribution in [0.4, 0.5) is 11.5 Å². The van der Waals surface area contributed by atoms with Crippen LogP contribution < -0.4 is 4.90 Å². The van der Waals surface area contributed by atoms with Crippen LogP contribution in [-0.2, 0) is 6.42 Å². The van der Waals surface area contributed by atoms with E-state index in [1.807, 2.05) is 65.4 Å². The van der Waals surface area contributed by atoms with Gasteiger partial charge in [-0.3, -0.25) is 9.78 Å². The zero-order valence-corrected chi connectivity index (χ0v) is 19.7. The minimum atomic E-state index is 0.00631. The average molecular weight is 466 g/mol. The minimum Gasteiger partial charge on any atom is -0.338 e. The van der Waals surface area contributed by atoms with E-state index in [4.69, 9.17) is 0 Å². The van der Waals surface area contributed by atoms with Gasteiger partial charge in [-0.05, 0) is 55.5 Å². The lowest BCUT2D eigenvalue weighted by atomic mass is 9.93. The summed E-state index contributed by atoms with van der Waals surface area (Å²) in [6, 6.07) is 16.0. The Morgan fingerprint density at radius 1 is 0.971 bits per heavy atom. The van der Waals surface area contributed by atoms with Crippen molar-refractivity contribution < 1.29 is 4.79 Å². The molecule has 0 unspecified atom stereocenters. The van der Waals surface area contributed by atoms with E-state index in [2.05, 4.69) is 25.1 Å². The van der Waals surface area contributed by atoms with Gasteiger partial charge in [0.25, 0.3) is 5.91 Å². The number of hydrogen-bond acceptors (Lipinski definition) is 7. The molecule has 0 bridgehead atoms. The molecule has 1 fully saturated rings. The molecule has 0 N–H and O–H groups in total. The molecule has 8 nitrogen and oxygen atoms in total. The Morgan fingerprint density at radius 3 is 2.54 bits per heavy atom. The van der Waals surface area contributed by atoms with Gasteiger partial charge in [-0.1, -0.05) is 18.2 Å². The first-order valence-corrected chi connectivity index (χ1v) is 11.8. The van der Waals surface area contributed by atoms with E-state index in [-0.39, 0.29) is 5.91 Å². The van der Waals surface area contributed by atoms with Crippen molar-refractivity contribution in [2.24, 2.45) is 5.92 Å². The van der Waals surface area contributed by atoms with Crippen molar-refractivity contribution in [3.63, 3.8) is 0 Å². The van der Waals surface area contributed by atoms with Gasteiger partial charge in [0.1, 0.15) is 6.33 Å². The second-order valence-corrected chi connectivity index (χ2v) is 8.83. The van der Waals surface area contributed by atoms with Gasteiger partial charge in [0.15, 0.2) is 5.82 Å². The van der Waals surface area contributed by atoms with Crippen LogP contribution in [0.5, 0.6) is 0 Å². The van der Waals surface area contributed by atoms with Crippen LogP contribution >= 0.6 is 0 Å². The lowest BCUT2D eigenvalue weighted by Crippen LogP contribution is -2.40. The number of carbonyl (C=O) groups is 1. The Labute approximate surface area is 204 Å². The van der Waals surface area contributed by atoms with Crippen LogP contribution in [0.2, 0.25) is 0 Å². The number of benzene rings is 1. The number of piperidine rings is 1. The molecule has 0 radical (unpaired) electrons. The van der Waals surface area contributed by atoms with E-state index in [0.29, 0.717) is 18.0 Å². The minimum absolute atomic E-state index is 0.00631. The van der Waals surface area contributed by atoms with Gasteiger partial charge in [-0.15, -0.1) is 5.10 Å². The molecule has 1 aromatic carbocycles. The maximum Gasteiger partial charge on any atom is 0.255 e. The van der Waals surface area contributed by atoms with E-state index in [1.165, 1.54) is 6.33 Å². The predicted octanol–water partition coefficient (Wildman–Crippen LogP) is 4.19. The summed E-state index contributed by atoms with van der Waals surface area (Å²) in [5, 5.41) is 8.91. The largest absolute Gasteiger partial charge is 0.338 e. The van der Waals surface area contributed by atoms with Gasteiger partial charge >= 0.3 is 0 Å². The summed E-state index contributed by atoms with van der Waals surface area (Å²) in [5.74, 6) is 1.15. The maximum atomic E-state index is 13.3. The molecule has 176 valence electrons. The summed E-state index contributed by atoms with van der Waals surface area (Å²) in [6.07, 6.45) is 11.1. The first-order valence-electron chi connectivity index (χ1n) is 11.8. The smallest absolute Gasteiger partial charge is 0.255 e. The normalized spacial score (nSPS) is 15.6. The third-order valence-electron chi connectivity index (χ3n) is 6.38. The highest BCUT2D eigenvalue weighted by molar-refractivity contribution is 5.95. The highest BCUT2D eigenvalue weighted by Crippen LogP contribution is 2.25. The summed E-state index contributed by atoms with van der Waals surface area (Å²) in [4.78, 5) is 29.6. The number of pyridine rings is 1. The summed E-state index contributed by atoms with van der Waals surface area (Å²) < 4.78 is 0. The molecular weight excluding hydrogens is 438 g/mol. The molecule has 1 aliphatic heterocycles. The van der Waals surface area contributed by atoms with Crippen LogP contribution in [-0.4, -0.2) is 56.1 Å². The number of nitrogens with zero attached hydrogens (tertiary/aromatic N) is 7. The Bertz CT molecular complexity index is 1270. The third kappa shape index (κ3) is 5.32. The van der Waals surface area contributed by atoms with Crippen molar-refractivity contribution in [3.05, 3.63) is 90.9 Å². The Balaban J connectivity index is 1.23. The number of aromatic nitrogens is 5. The zero-order valence-electron chi connectivity index (χ0n) is 19.7. The number of amides is 1. The fourth-order valence-corrected chi connectivity index (χ4v) is 4.48. The molecule has 5 rings (SSSR count). The van der Waals surface area contributed by atoms with Crippen molar-refractivity contribution in [3.8, 4) is 11.1 Å². The van der Waals surface area contributed by atoms with Crippen molar-refractivity contribution in [1.82, 2.24) is 30.0 Å². The molecule has 1 aliphatic rings. The van der Waals surface area contributed by atoms with Gasteiger partial charge in [-0.25, -0.2) is 9.97 Å². The second-order valence-electron chi connectivity index (χ2n) is 8.83. The first-order chi connectivity index (χ1) is 17.2. The highest BCUT2D eigenvalue weighted by atomic mass is 16.2. The van der Waals surface area contributed by atoms with E-state index in [9.17, 15) is 4.79 Å². The lowest BCUT2D eigenvalue weighted by molar-refractivity contribution is 0.0672. The van der Waals surface area contributed by atoms with Crippen molar-refractivity contribution in [1.29, 1.82) is 0 Å². The van der Waals surface area contributed by atoms with Crippen molar-refractivity contribution in [2.75, 3.05) is 25.0 Å². The highest BCUT2D eigenvalue weighted by Gasteiger charge is 2.25. The quantitative estimate of drug-likeness (QED) is 0.422. The van der Waals surface area contributed by atoms with E-state index < -0.39 is 0 Å². The van der Waals surface area contributed by atoms with Crippen LogP contribution in [0.15, 0.2) is 79.6 Å². The monoisotopic (exact) mass is 465 g/mol. The lowest BCUT2D eigenvalue weighted by Gasteiger charge is -2.32. The van der Waals surface area contributed by atoms with Crippen LogP contribution in [0.25, 0.3) is 11.1 Å². The molecule has 35 heavy (non-hydrogen) atoms. The SMILES string of the molecule is CN(c1ccccc1)c1ccc(C[C@@H]2CCCN(C(=O)c3cncc(-c4cncnc4)c3)C2)nn1. The van der Waals surface area contributed by atoms with Crippen LogP contribution in [0.1, 0.15) is 28.9 Å². The number of carbonyl (C=O) groups excluding carboxylic acids is 1. The molecule has 1 atom stereocenters. The fraction of sp³-hybridized carbons (Fsp3) is 0.259. The van der Waals surface area contributed by atoms with E-state index >= 15 is 0 Å². The van der Waals surface area contributed by atoms with Crippen molar-refractivity contribution >= 4 is 17.4 Å². The van der Waals surface area contributed by atoms with Gasteiger partial charge in [-0.2, -0.15) is 5.10 Å². The Morgan fingerprint density at radius 2 is 1.77 bits per heavy atom. The number of para-hydroxylation sites is 1. The average Bonchev–Trinajstić information content (AvgIpc) is 2.94. The number of anilines is 2. The van der Waals surface area contributed by atoms with Gasteiger partial charge in [0.2, 0.25) is 0 Å². The predicted molar refractivity (Wildman–Crippen MR) is 134 cm³/mol. The second kappa shape index (κ2) is 10.4. The fourth-order valence-electron chi connectivity index (χ4n) is 4.48. The Hall–Kier alpha value is -4.20. The molecule has 4 aromatic rings. The molecule has 8 heteroatoms. The molecule has 0 spiro atoms. The summed E-state index contributed by atoms with van der Waals surface area (Å²) in [6.45, 7) is 1.45. The summed E-state index contributed by atoms with van der Waals surface area (Å²) in [5.41, 5.74) is 4.27. The standard InChI is InChI=1S/C27H27N7O/c1-33(25-7-3-2-4-8-25)26-10-9-24(31-32-26)12-20-6-5-11-34(18-20)27(35)22-13-21(14-28-15-22)23-16-29-19-30-17-23/h2-4,7-10,13-17,19-20H,5-6,11-12,18H2,1H3/t20-/m0/s1. The molecule has 1 amide bonds. The molecular formula is C27H27N7O. The first kappa shape index (κ1) is 22.6. The van der Waals surface area contributed by atoms with Crippen LogP contribution in [0, 0.1) is 5.92 Å². The summed E-state index contributed by atoms with van der Waals surface area (Å²) >= 11 is 0. The Kier molecular flexibility index (Phi) is 6.70. The molecule has 0 saturated carbocycles.